The number of hydrogen-bond acceptors (Lipinski definition) is 3. The molecule has 3 nitrogen and oxygen atoms in total. The number of nitrogens with zero attached hydrogens (tertiary/aromatic N) is 3. The summed E-state index contributed by atoms with van der Waals surface area (Å²) in [6.07, 6.45) is 5.65. The average molecular weight is 276 g/mol. The van der Waals surface area contributed by atoms with Gasteiger partial charge in [0, 0.05) is 24.3 Å². The van der Waals surface area contributed by atoms with E-state index in [1.807, 2.05) is 47.1 Å². The van der Waals surface area contributed by atoms with Crippen molar-refractivity contribution in [1.82, 2.24) is 14.4 Å². The maximum Gasteiger partial charge on any atom is 0.137 e. The van der Waals surface area contributed by atoms with Crippen molar-refractivity contribution in [3.8, 4) is 0 Å². The van der Waals surface area contributed by atoms with E-state index in [0.717, 1.165) is 22.1 Å². The predicted molar refractivity (Wildman–Crippen MR) is 74.0 cm³/mol. The van der Waals surface area contributed by atoms with Gasteiger partial charge in [-0.2, -0.15) is 0 Å². The van der Waals surface area contributed by atoms with Crippen LogP contribution < -0.4 is 0 Å². The SMILES string of the molecule is Clc1ccc2nc(CSc3ccccn3)cn2c1. The van der Waals surface area contributed by atoms with E-state index in [0.29, 0.717) is 5.02 Å². The second-order valence-corrected chi connectivity index (χ2v) is 5.23. The van der Waals surface area contributed by atoms with Crippen LogP contribution in [-0.2, 0) is 5.75 Å². The van der Waals surface area contributed by atoms with Crippen LogP contribution in [0, 0.1) is 0 Å². The lowest BCUT2D eigenvalue weighted by molar-refractivity contribution is 1.13. The maximum absolute atomic E-state index is 5.94. The van der Waals surface area contributed by atoms with Gasteiger partial charge in [-0.1, -0.05) is 29.4 Å². The standard InChI is InChI=1S/C13H10ClN3S/c14-10-4-5-12-16-11(8-17(12)7-10)9-18-13-3-1-2-6-15-13/h1-8H,9H2. The molecule has 3 aromatic heterocycles. The molecule has 3 heterocycles. The molecule has 0 aromatic carbocycles. The Hall–Kier alpha value is -1.52. The molecule has 0 aliphatic rings. The number of aromatic nitrogens is 3. The Morgan fingerprint density at radius 2 is 2.11 bits per heavy atom. The number of thioether (sulfide) groups is 1. The van der Waals surface area contributed by atoms with Crippen molar-refractivity contribution < 1.29 is 0 Å². The van der Waals surface area contributed by atoms with Gasteiger partial charge >= 0.3 is 0 Å². The van der Waals surface area contributed by atoms with Crippen LogP contribution in [0.4, 0.5) is 0 Å². The van der Waals surface area contributed by atoms with Gasteiger partial charge in [-0.05, 0) is 24.3 Å². The first kappa shape index (κ1) is 11.6. The summed E-state index contributed by atoms with van der Waals surface area (Å²) in [4.78, 5) is 8.79. The van der Waals surface area contributed by atoms with Crippen molar-refractivity contribution >= 4 is 29.0 Å². The summed E-state index contributed by atoms with van der Waals surface area (Å²) in [6.45, 7) is 0. The highest BCUT2D eigenvalue weighted by Gasteiger charge is 2.03. The second-order valence-electron chi connectivity index (χ2n) is 3.80. The Balaban J connectivity index is 1.79. The van der Waals surface area contributed by atoms with Crippen LogP contribution in [0.1, 0.15) is 5.69 Å². The Labute approximate surface area is 114 Å². The zero-order valence-corrected chi connectivity index (χ0v) is 11.0. The normalized spacial score (nSPS) is 10.9. The molecule has 0 amide bonds. The first-order chi connectivity index (χ1) is 8.81. The minimum Gasteiger partial charge on any atom is -0.305 e. The molecule has 0 saturated carbocycles. The van der Waals surface area contributed by atoms with Crippen LogP contribution in [0.2, 0.25) is 5.02 Å². The minimum absolute atomic E-state index is 0.712. The number of fused-ring (bicyclic) bond motifs is 1. The van der Waals surface area contributed by atoms with Gasteiger partial charge in [-0.15, -0.1) is 0 Å². The third kappa shape index (κ3) is 2.49. The van der Waals surface area contributed by atoms with Crippen molar-refractivity contribution in [2.45, 2.75) is 10.8 Å². The molecule has 0 fully saturated rings. The largest absolute Gasteiger partial charge is 0.305 e. The highest BCUT2D eigenvalue weighted by atomic mass is 35.5. The van der Waals surface area contributed by atoms with Gasteiger partial charge in [-0.3, -0.25) is 0 Å². The Morgan fingerprint density at radius 1 is 1.17 bits per heavy atom. The van der Waals surface area contributed by atoms with Crippen LogP contribution in [-0.4, -0.2) is 14.4 Å². The van der Waals surface area contributed by atoms with Crippen LogP contribution in [0.3, 0.4) is 0 Å². The average Bonchev–Trinajstić information content (AvgIpc) is 2.79. The fourth-order valence-corrected chi connectivity index (χ4v) is 2.58. The van der Waals surface area contributed by atoms with E-state index in [1.54, 1.807) is 18.0 Å². The van der Waals surface area contributed by atoms with Gasteiger partial charge in [0.15, 0.2) is 0 Å². The molecule has 0 unspecified atom stereocenters. The lowest BCUT2D eigenvalue weighted by Gasteiger charge is -1.96. The van der Waals surface area contributed by atoms with Crippen molar-refractivity contribution in [3.63, 3.8) is 0 Å². The summed E-state index contributed by atoms with van der Waals surface area (Å²) in [6, 6.07) is 9.66. The summed E-state index contributed by atoms with van der Waals surface area (Å²) in [5, 5.41) is 1.72. The van der Waals surface area contributed by atoms with E-state index in [9.17, 15) is 0 Å². The number of rotatable bonds is 3. The first-order valence-electron chi connectivity index (χ1n) is 5.48. The summed E-state index contributed by atoms with van der Waals surface area (Å²) < 4.78 is 1.94. The molecular weight excluding hydrogens is 266 g/mol. The molecule has 0 saturated heterocycles. The number of halogens is 1. The van der Waals surface area contributed by atoms with Crippen LogP contribution in [0.5, 0.6) is 0 Å². The van der Waals surface area contributed by atoms with Gasteiger partial charge in [0.25, 0.3) is 0 Å². The second kappa shape index (κ2) is 5.00. The van der Waals surface area contributed by atoms with Gasteiger partial charge in [-0.25, -0.2) is 9.97 Å². The smallest absolute Gasteiger partial charge is 0.137 e. The molecule has 18 heavy (non-hydrogen) atoms. The van der Waals surface area contributed by atoms with E-state index < -0.39 is 0 Å². The molecule has 3 aromatic rings. The topological polar surface area (TPSA) is 30.2 Å². The molecule has 0 aliphatic carbocycles. The maximum atomic E-state index is 5.94. The number of hydrogen-bond donors (Lipinski definition) is 0. The number of imidazole rings is 1. The van der Waals surface area contributed by atoms with E-state index in [1.165, 1.54) is 0 Å². The summed E-state index contributed by atoms with van der Waals surface area (Å²) in [7, 11) is 0. The van der Waals surface area contributed by atoms with Gasteiger partial charge in [0.1, 0.15) is 5.65 Å². The van der Waals surface area contributed by atoms with Crippen LogP contribution in [0.15, 0.2) is 53.9 Å². The zero-order valence-electron chi connectivity index (χ0n) is 9.45. The first-order valence-corrected chi connectivity index (χ1v) is 6.84. The molecular formula is C13H10ClN3S. The minimum atomic E-state index is 0.712. The molecule has 0 atom stereocenters. The predicted octanol–water partition coefficient (Wildman–Crippen LogP) is 3.68. The molecule has 0 spiro atoms. The quantitative estimate of drug-likeness (QED) is 0.683. The Bertz CT molecular complexity index is 666. The molecule has 5 heteroatoms. The lowest BCUT2D eigenvalue weighted by atomic mass is 10.5. The third-order valence-corrected chi connectivity index (χ3v) is 3.67. The van der Waals surface area contributed by atoms with Gasteiger partial charge in [0.2, 0.25) is 0 Å². The van der Waals surface area contributed by atoms with Crippen molar-refractivity contribution in [2.75, 3.05) is 0 Å². The zero-order chi connectivity index (χ0) is 12.4. The summed E-state index contributed by atoms with van der Waals surface area (Å²) in [5.74, 6) is 0.802. The highest BCUT2D eigenvalue weighted by Crippen LogP contribution is 2.20. The van der Waals surface area contributed by atoms with E-state index >= 15 is 0 Å². The van der Waals surface area contributed by atoms with E-state index in [2.05, 4.69) is 9.97 Å². The van der Waals surface area contributed by atoms with Crippen molar-refractivity contribution in [2.24, 2.45) is 0 Å². The fourth-order valence-electron chi connectivity index (χ4n) is 1.67. The lowest BCUT2D eigenvalue weighted by Crippen LogP contribution is -1.81. The van der Waals surface area contributed by atoms with E-state index in [-0.39, 0.29) is 0 Å². The number of pyridine rings is 2. The fraction of sp³-hybridized carbons (Fsp3) is 0.0769. The van der Waals surface area contributed by atoms with Gasteiger partial charge < -0.3 is 4.40 Å². The molecule has 3 rings (SSSR count). The third-order valence-electron chi connectivity index (χ3n) is 2.47. The van der Waals surface area contributed by atoms with Crippen molar-refractivity contribution in [3.05, 3.63) is 59.6 Å². The molecule has 0 aliphatic heterocycles. The molecule has 0 bridgehead atoms. The molecule has 90 valence electrons. The van der Waals surface area contributed by atoms with Crippen LogP contribution >= 0.6 is 23.4 Å². The Morgan fingerprint density at radius 3 is 2.94 bits per heavy atom. The summed E-state index contributed by atoms with van der Waals surface area (Å²) >= 11 is 7.61. The molecule has 0 radical (unpaired) electrons. The van der Waals surface area contributed by atoms with E-state index in [4.69, 9.17) is 11.6 Å². The highest BCUT2D eigenvalue weighted by molar-refractivity contribution is 7.98. The summed E-state index contributed by atoms with van der Waals surface area (Å²) in [5.41, 5.74) is 1.93. The monoisotopic (exact) mass is 275 g/mol. The molecule has 0 N–H and O–H groups in total. The van der Waals surface area contributed by atoms with Crippen LogP contribution in [0.25, 0.3) is 5.65 Å². The van der Waals surface area contributed by atoms with Crippen molar-refractivity contribution in [1.29, 1.82) is 0 Å². The Kier molecular flexibility index (Phi) is 3.21. The van der Waals surface area contributed by atoms with Gasteiger partial charge in [0.05, 0.1) is 15.7 Å².